The number of amides is 1. The van der Waals surface area contributed by atoms with E-state index in [9.17, 15) is 23.1 Å². The van der Waals surface area contributed by atoms with E-state index in [1.807, 2.05) is 0 Å². The van der Waals surface area contributed by atoms with Crippen molar-refractivity contribution < 1.29 is 23.1 Å². The number of aryl methyl sites for hydroxylation is 1. The molecule has 0 spiro atoms. The molecule has 1 amide bonds. The maximum absolute atomic E-state index is 12.8. The molecule has 0 bridgehead atoms. The summed E-state index contributed by atoms with van der Waals surface area (Å²) in [4.78, 5) is 29.0. The first kappa shape index (κ1) is 25.4. The number of aliphatic hydroxyl groups excluding tert-OH is 1. The predicted octanol–water partition coefficient (Wildman–Crippen LogP) is 2.11. The third kappa shape index (κ3) is 5.25. The summed E-state index contributed by atoms with van der Waals surface area (Å²) in [7, 11) is 0. The van der Waals surface area contributed by atoms with E-state index in [1.54, 1.807) is 22.9 Å². The van der Waals surface area contributed by atoms with Gasteiger partial charge in [0, 0.05) is 50.4 Å². The second kappa shape index (κ2) is 10.5. The lowest BCUT2D eigenvalue weighted by molar-refractivity contribution is -0.141. The molecule has 0 aromatic carbocycles. The van der Waals surface area contributed by atoms with Gasteiger partial charge in [0.1, 0.15) is 17.4 Å². The highest BCUT2D eigenvalue weighted by atomic mass is 19.4. The van der Waals surface area contributed by atoms with Crippen LogP contribution < -0.4 is 20.4 Å². The van der Waals surface area contributed by atoms with Crippen LogP contribution in [0, 0.1) is 5.41 Å². The Bertz CT molecular complexity index is 1150. The fourth-order valence-corrected chi connectivity index (χ4v) is 4.23. The van der Waals surface area contributed by atoms with Gasteiger partial charge in [-0.2, -0.15) is 18.2 Å². The number of β-amino-alcohol motifs (C(OH)–C–C–N with tert-alkyl or cyclic N) is 1. The Labute approximate surface area is 205 Å². The molecule has 2 aliphatic heterocycles. The number of carbonyl (C=O) groups excluding carboxylic acids is 1. The number of halogens is 3. The second-order valence-corrected chi connectivity index (χ2v) is 8.50. The number of nitrogens with zero attached hydrogens (tertiary/aromatic N) is 5. The van der Waals surface area contributed by atoms with E-state index < -0.39 is 17.9 Å². The van der Waals surface area contributed by atoms with E-state index >= 15 is 0 Å². The van der Waals surface area contributed by atoms with Gasteiger partial charge >= 0.3 is 6.18 Å². The van der Waals surface area contributed by atoms with Gasteiger partial charge in [0.05, 0.1) is 12.3 Å². The summed E-state index contributed by atoms with van der Waals surface area (Å²) in [6, 6.07) is 1.81. The van der Waals surface area contributed by atoms with Crippen LogP contribution in [0.5, 0.6) is 0 Å². The molecule has 10 nitrogen and oxygen atoms in total. The van der Waals surface area contributed by atoms with Crippen molar-refractivity contribution in [1.82, 2.24) is 20.3 Å². The van der Waals surface area contributed by atoms with Crippen LogP contribution in [0.1, 0.15) is 30.3 Å². The number of pyridine rings is 1. The zero-order valence-electron chi connectivity index (χ0n) is 19.6. The van der Waals surface area contributed by atoms with Crippen molar-refractivity contribution >= 4 is 29.6 Å². The van der Waals surface area contributed by atoms with Crippen LogP contribution in [0.3, 0.4) is 0 Å². The summed E-state index contributed by atoms with van der Waals surface area (Å²) >= 11 is 0. The zero-order valence-corrected chi connectivity index (χ0v) is 19.6. The van der Waals surface area contributed by atoms with E-state index in [4.69, 9.17) is 5.41 Å². The SMILES string of the molecule is C[C@H]1C(=O)N2CCCc3nc(NC/C(C=N)=C/NCc4ccc(C(F)(F)F)nc4)nc(c32)N1CCO. The summed E-state index contributed by atoms with van der Waals surface area (Å²) in [5.74, 6) is 0.899. The minimum atomic E-state index is -4.48. The fourth-order valence-electron chi connectivity index (χ4n) is 4.23. The quantitative estimate of drug-likeness (QED) is 0.382. The van der Waals surface area contributed by atoms with E-state index in [2.05, 4.69) is 25.6 Å². The number of alkyl halides is 3. The lowest BCUT2D eigenvalue weighted by Crippen LogP contribution is -2.55. The minimum absolute atomic E-state index is 0.0374. The molecule has 2 aromatic rings. The highest BCUT2D eigenvalue weighted by molar-refractivity contribution is 6.05. The topological polar surface area (TPSA) is 130 Å². The number of hydrogen-bond donors (Lipinski definition) is 4. The maximum Gasteiger partial charge on any atom is 0.433 e. The van der Waals surface area contributed by atoms with E-state index in [0.29, 0.717) is 41.6 Å². The average molecular weight is 505 g/mol. The molecule has 2 aliphatic rings. The predicted molar refractivity (Wildman–Crippen MR) is 128 cm³/mol. The van der Waals surface area contributed by atoms with Crippen molar-refractivity contribution in [3.05, 3.63) is 47.1 Å². The van der Waals surface area contributed by atoms with Crippen molar-refractivity contribution in [2.75, 3.05) is 41.4 Å². The number of hydrogen-bond acceptors (Lipinski definition) is 9. The first-order valence-electron chi connectivity index (χ1n) is 11.5. The van der Waals surface area contributed by atoms with Gasteiger partial charge in [0.15, 0.2) is 5.82 Å². The van der Waals surface area contributed by atoms with Crippen LogP contribution in [-0.4, -0.2) is 64.5 Å². The molecule has 1 atom stereocenters. The largest absolute Gasteiger partial charge is 0.433 e. The number of nitrogens with one attached hydrogen (secondary N) is 3. The van der Waals surface area contributed by atoms with Crippen molar-refractivity contribution in [3.8, 4) is 0 Å². The summed E-state index contributed by atoms with van der Waals surface area (Å²) in [6.45, 7) is 2.99. The molecule has 192 valence electrons. The molecule has 0 unspecified atom stereocenters. The zero-order chi connectivity index (χ0) is 25.9. The summed E-state index contributed by atoms with van der Waals surface area (Å²) in [5, 5.41) is 23.3. The maximum atomic E-state index is 12.8. The first-order chi connectivity index (χ1) is 17.2. The monoisotopic (exact) mass is 504 g/mol. The molecular weight excluding hydrogens is 477 g/mol. The number of anilines is 3. The summed E-state index contributed by atoms with van der Waals surface area (Å²) in [6.07, 6.45) is 0.889. The number of aliphatic hydroxyl groups is 1. The summed E-state index contributed by atoms with van der Waals surface area (Å²) < 4.78 is 37.9. The molecule has 0 fully saturated rings. The molecule has 36 heavy (non-hydrogen) atoms. The molecule has 0 radical (unpaired) electrons. The van der Waals surface area contributed by atoms with Gasteiger partial charge in [-0.15, -0.1) is 0 Å². The van der Waals surface area contributed by atoms with Crippen LogP contribution in [0.4, 0.5) is 30.6 Å². The Balaban J connectivity index is 1.45. The number of aromatic nitrogens is 3. The Morgan fingerprint density at radius 2 is 2.14 bits per heavy atom. The van der Waals surface area contributed by atoms with E-state index in [1.165, 1.54) is 6.07 Å². The van der Waals surface area contributed by atoms with Crippen molar-refractivity contribution in [2.45, 2.75) is 38.5 Å². The molecule has 2 aromatic heterocycles. The molecule has 13 heteroatoms. The van der Waals surface area contributed by atoms with Crippen LogP contribution in [0.15, 0.2) is 30.1 Å². The Morgan fingerprint density at radius 3 is 2.81 bits per heavy atom. The molecule has 4 heterocycles. The molecule has 4 N–H and O–H groups in total. The third-order valence-electron chi connectivity index (χ3n) is 6.05. The molecular formula is C23H27F3N8O2. The molecule has 0 aliphatic carbocycles. The summed E-state index contributed by atoms with van der Waals surface area (Å²) in [5.41, 5.74) is 1.62. The molecule has 4 rings (SSSR count). The van der Waals surface area contributed by atoms with E-state index in [0.717, 1.165) is 30.6 Å². The van der Waals surface area contributed by atoms with Crippen LogP contribution >= 0.6 is 0 Å². The lowest BCUT2D eigenvalue weighted by atomic mass is 10.0. The minimum Gasteiger partial charge on any atom is -0.395 e. The highest BCUT2D eigenvalue weighted by Gasteiger charge is 2.40. The Kier molecular flexibility index (Phi) is 7.38. The van der Waals surface area contributed by atoms with Gasteiger partial charge in [-0.3, -0.25) is 9.78 Å². The van der Waals surface area contributed by atoms with Crippen LogP contribution in [-0.2, 0) is 23.9 Å². The molecule has 0 saturated carbocycles. The van der Waals surface area contributed by atoms with Crippen LogP contribution in [0.2, 0.25) is 0 Å². The van der Waals surface area contributed by atoms with E-state index in [-0.39, 0.29) is 32.1 Å². The van der Waals surface area contributed by atoms with Crippen LogP contribution in [0.25, 0.3) is 0 Å². The van der Waals surface area contributed by atoms with Gasteiger partial charge in [-0.05, 0) is 31.4 Å². The second-order valence-electron chi connectivity index (χ2n) is 8.50. The lowest BCUT2D eigenvalue weighted by Gasteiger charge is -2.42. The normalized spacial score (nSPS) is 17.6. The smallest absolute Gasteiger partial charge is 0.395 e. The Hall–Kier alpha value is -3.74. The van der Waals surface area contributed by atoms with Gasteiger partial charge in [-0.25, -0.2) is 4.98 Å². The van der Waals surface area contributed by atoms with Gasteiger partial charge in [0.2, 0.25) is 11.9 Å². The number of carbonyl (C=O) groups is 1. The van der Waals surface area contributed by atoms with Gasteiger partial charge in [0.25, 0.3) is 0 Å². The van der Waals surface area contributed by atoms with Crippen molar-refractivity contribution in [2.24, 2.45) is 0 Å². The average Bonchev–Trinajstić information content (AvgIpc) is 2.86. The highest BCUT2D eigenvalue weighted by Crippen LogP contribution is 2.40. The standard InChI is InChI=1S/C23H27F3N8O2/c1-14-21(36)34-6-2-3-17-19(34)20(33(14)7-8-35)32-22(31-17)30-13-16(9-27)11-28-10-15-4-5-18(29-12-15)23(24,25)26/h4-5,9,11-12,14,27-28,35H,2-3,6-8,10,13H2,1H3,(H,30,31,32)/b16-11+,27-9?/t14-/m0/s1. The van der Waals surface area contributed by atoms with Crippen molar-refractivity contribution in [1.29, 1.82) is 5.41 Å². The van der Waals surface area contributed by atoms with Gasteiger partial charge < -0.3 is 30.9 Å². The molecule has 0 saturated heterocycles. The van der Waals surface area contributed by atoms with Gasteiger partial charge in [-0.1, -0.05) is 6.07 Å². The fraction of sp³-hybridized carbons (Fsp3) is 0.435. The van der Waals surface area contributed by atoms with Crippen molar-refractivity contribution in [3.63, 3.8) is 0 Å². The Morgan fingerprint density at radius 1 is 1.33 bits per heavy atom. The number of rotatable bonds is 9. The first-order valence-corrected chi connectivity index (χ1v) is 11.5. The third-order valence-corrected chi connectivity index (χ3v) is 6.05.